The lowest BCUT2D eigenvalue weighted by atomic mass is 10.2. The summed E-state index contributed by atoms with van der Waals surface area (Å²) in [6, 6.07) is -0.329. The van der Waals surface area contributed by atoms with E-state index in [4.69, 9.17) is 5.11 Å². The van der Waals surface area contributed by atoms with Crippen LogP contribution in [0.3, 0.4) is 0 Å². The average molecular weight is 240 g/mol. The zero-order chi connectivity index (χ0) is 11.5. The van der Waals surface area contributed by atoms with Gasteiger partial charge in [-0.1, -0.05) is 4.49 Å². The van der Waals surface area contributed by atoms with Crippen molar-refractivity contribution in [2.24, 2.45) is 0 Å². The Morgan fingerprint density at radius 2 is 2.44 bits per heavy atom. The van der Waals surface area contributed by atoms with E-state index >= 15 is 0 Å². The molecule has 9 heteroatoms. The molecule has 0 aromatic carbocycles. The van der Waals surface area contributed by atoms with Crippen LogP contribution in [0.15, 0.2) is 5.38 Å². The Bertz CT molecular complexity index is 481. The summed E-state index contributed by atoms with van der Waals surface area (Å²) in [5.74, 6) is -0.465. The number of nitrogens with zero attached hydrogens (tertiary/aromatic N) is 6. The van der Waals surface area contributed by atoms with Crippen molar-refractivity contribution in [3.05, 3.63) is 5.38 Å². The Morgan fingerprint density at radius 1 is 1.62 bits per heavy atom. The minimum Gasteiger partial charge on any atom is -0.481 e. The minimum absolute atomic E-state index is 0.0460. The van der Waals surface area contributed by atoms with Crippen LogP contribution in [0.2, 0.25) is 0 Å². The van der Waals surface area contributed by atoms with E-state index < -0.39 is 5.97 Å². The molecule has 1 N–H and O–H groups in total. The maximum absolute atomic E-state index is 10.6. The molecule has 0 saturated heterocycles. The van der Waals surface area contributed by atoms with E-state index in [1.54, 1.807) is 12.3 Å². The molecule has 0 amide bonds. The van der Waals surface area contributed by atoms with Crippen LogP contribution in [0, 0.1) is 0 Å². The van der Waals surface area contributed by atoms with Gasteiger partial charge in [0, 0.05) is 5.38 Å². The maximum atomic E-state index is 10.6. The smallest absolute Gasteiger partial charge is 0.305 e. The molecule has 0 aliphatic carbocycles. The van der Waals surface area contributed by atoms with Gasteiger partial charge in [-0.2, -0.15) is 0 Å². The van der Waals surface area contributed by atoms with Gasteiger partial charge in [0.05, 0.1) is 12.5 Å². The molecule has 0 aliphatic rings. The highest BCUT2D eigenvalue weighted by Crippen LogP contribution is 2.19. The van der Waals surface area contributed by atoms with E-state index in [0.717, 1.165) is 0 Å². The molecule has 84 valence electrons. The molecule has 1 atom stereocenters. The molecule has 0 aliphatic heterocycles. The molecule has 2 rings (SSSR count). The maximum Gasteiger partial charge on any atom is 0.305 e. The summed E-state index contributed by atoms with van der Waals surface area (Å²) in [6.07, 6.45) is -0.0460. The van der Waals surface area contributed by atoms with Gasteiger partial charge in [0.15, 0.2) is 0 Å². The molecule has 0 bridgehead atoms. The largest absolute Gasteiger partial charge is 0.481 e. The Balaban J connectivity index is 2.29. The first-order valence-electron chi connectivity index (χ1n) is 4.45. The molecule has 0 radical (unpaired) electrons. The third-order valence-corrected chi connectivity index (χ3v) is 2.47. The van der Waals surface area contributed by atoms with Crippen molar-refractivity contribution < 1.29 is 9.90 Å². The average Bonchev–Trinajstić information content (AvgIpc) is 2.87. The van der Waals surface area contributed by atoms with Gasteiger partial charge in [-0.15, -0.1) is 10.2 Å². The third kappa shape index (κ3) is 2.03. The quantitative estimate of drug-likeness (QED) is 0.814. The summed E-state index contributed by atoms with van der Waals surface area (Å²) in [4.78, 5) is 10.6. The van der Waals surface area contributed by atoms with E-state index in [2.05, 4.69) is 25.1 Å². The Kier molecular flexibility index (Phi) is 2.86. The lowest BCUT2D eigenvalue weighted by Gasteiger charge is -2.09. The van der Waals surface area contributed by atoms with Gasteiger partial charge in [-0.25, -0.2) is 4.68 Å². The molecular weight excluding hydrogens is 232 g/mol. The van der Waals surface area contributed by atoms with Crippen molar-refractivity contribution in [3.63, 3.8) is 0 Å². The number of rotatable bonds is 4. The summed E-state index contributed by atoms with van der Waals surface area (Å²) in [5, 5.41) is 25.3. The number of carboxylic acids is 1. The first-order chi connectivity index (χ1) is 7.68. The highest BCUT2D eigenvalue weighted by molar-refractivity contribution is 7.03. The molecule has 2 aromatic rings. The van der Waals surface area contributed by atoms with Crippen molar-refractivity contribution >= 4 is 17.5 Å². The van der Waals surface area contributed by atoms with Crippen molar-refractivity contribution in [1.82, 2.24) is 29.8 Å². The molecule has 2 aromatic heterocycles. The number of aromatic nitrogens is 6. The van der Waals surface area contributed by atoms with Crippen molar-refractivity contribution in [2.45, 2.75) is 19.4 Å². The van der Waals surface area contributed by atoms with Gasteiger partial charge in [0.1, 0.15) is 5.69 Å². The normalized spacial score (nSPS) is 12.6. The number of carbonyl (C=O) groups is 1. The molecular formula is C7H8N6O2S. The van der Waals surface area contributed by atoms with E-state index in [1.165, 1.54) is 16.2 Å². The Hall–Kier alpha value is -1.90. The van der Waals surface area contributed by atoms with Crippen molar-refractivity contribution in [3.8, 4) is 11.5 Å². The van der Waals surface area contributed by atoms with Gasteiger partial charge in [-0.3, -0.25) is 4.79 Å². The summed E-state index contributed by atoms with van der Waals surface area (Å²) in [5.41, 5.74) is 0.548. The van der Waals surface area contributed by atoms with E-state index in [1.807, 2.05) is 0 Å². The van der Waals surface area contributed by atoms with Crippen molar-refractivity contribution in [1.29, 1.82) is 0 Å². The van der Waals surface area contributed by atoms with E-state index in [-0.39, 0.29) is 12.5 Å². The van der Waals surface area contributed by atoms with Crippen LogP contribution in [-0.2, 0) is 4.79 Å². The topological polar surface area (TPSA) is 107 Å². The second kappa shape index (κ2) is 4.31. The Labute approximate surface area is 94.1 Å². The fourth-order valence-corrected chi connectivity index (χ4v) is 1.69. The van der Waals surface area contributed by atoms with Gasteiger partial charge >= 0.3 is 5.97 Å². The van der Waals surface area contributed by atoms with Crippen LogP contribution in [0.25, 0.3) is 11.5 Å². The lowest BCUT2D eigenvalue weighted by molar-refractivity contribution is -0.137. The third-order valence-electron chi connectivity index (χ3n) is 1.97. The van der Waals surface area contributed by atoms with Crippen molar-refractivity contribution in [2.75, 3.05) is 0 Å². The highest BCUT2D eigenvalue weighted by atomic mass is 32.1. The van der Waals surface area contributed by atoms with Crippen LogP contribution in [0.1, 0.15) is 19.4 Å². The first kappa shape index (κ1) is 10.6. The molecule has 8 nitrogen and oxygen atoms in total. The van der Waals surface area contributed by atoms with Gasteiger partial charge in [0.2, 0.25) is 5.82 Å². The summed E-state index contributed by atoms with van der Waals surface area (Å²) >= 11 is 1.19. The van der Waals surface area contributed by atoms with Gasteiger partial charge < -0.3 is 5.11 Å². The lowest BCUT2D eigenvalue weighted by Crippen LogP contribution is -2.13. The second-order valence-electron chi connectivity index (χ2n) is 3.18. The van der Waals surface area contributed by atoms with Crippen LogP contribution < -0.4 is 0 Å². The van der Waals surface area contributed by atoms with Crippen LogP contribution in [0.5, 0.6) is 0 Å². The first-order valence-corrected chi connectivity index (χ1v) is 5.29. The number of hydrogen-bond donors (Lipinski definition) is 1. The molecule has 0 spiro atoms. The van der Waals surface area contributed by atoms with Gasteiger partial charge in [0.25, 0.3) is 0 Å². The number of tetrazole rings is 1. The van der Waals surface area contributed by atoms with Crippen LogP contribution in [-0.4, -0.2) is 40.9 Å². The number of hydrogen-bond acceptors (Lipinski definition) is 7. The monoisotopic (exact) mass is 240 g/mol. The summed E-state index contributed by atoms with van der Waals surface area (Å²) in [6.45, 7) is 1.73. The predicted molar refractivity (Wildman–Crippen MR) is 53.7 cm³/mol. The highest BCUT2D eigenvalue weighted by Gasteiger charge is 2.18. The zero-order valence-electron chi connectivity index (χ0n) is 8.31. The number of carboxylic acid groups (broad SMARTS) is 1. The zero-order valence-corrected chi connectivity index (χ0v) is 9.13. The predicted octanol–water partition coefficient (Wildman–Crippen LogP) is 0.227. The fraction of sp³-hybridized carbons (Fsp3) is 0.429. The molecule has 2 heterocycles. The molecule has 16 heavy (non-hydrogen) atoms. The van der Waals surface area contributed by atoms with Gasteiger partial charge in [-0.05, 0) is 28.9 Å². The molecule has 0 fully saturated rings. The SMILES string of the molecule is CC(CC(=O)O)n1nnnc1-c1csnn1. The number of aliphatic carboxylic acids is 1. The van der Waals surface area contributed by atoms with E-state index in [9.17, 15) is 4.79 Å². The summed E-state index contributed by atoms with van der Waals surface area (Å²) < 4.78 is 5.14. The second-order valence-corrected chi connectivity index (χ2v) is 3.79. The summed E-state index contributed by atoms with van der Waals surface area (Å²) in [7, 11) is 0. The minimum atomic E-state index is -0.898. The Morgan fingerprint density at radius 3 is 3.06 bits per heavy atom. The van der Waals surface area contributed by atoms with Crippen LogP contribution in [0.4, 0.5) is 0 Å². The standard InChI is InChI=1S/C7H8N6O2S/c1-4(2-6(14)15)13-7(9-10-11-13)5-3-16-12-8-5/h3-4H,2H2,1H3,(H,14,15). The fourth-order valence-electron chi connectivity index (χ4n) is 1.26. The molecule has 1 unspecified atom stereocenters. The van der Waals surface area contributed by atoms with E-state index in [0.29, 0.717) is 11.5 Å². The molecule has 0 saturated carbocycles. The van der Waals surface area contributed by atoms with Crippen LogP contribution >= 0.6 is 11.5 Å².